The van der Waals surface area contributed by atoms with Crippen molar-refractivity contribution >= 4 is 15.9 Å². The predicted octanol–water partition coefficient (Wildman–Crippen LogP) is 1.74. The van der Waals surface area contributed by atoms with Gasteiger partial charge in [-0.25, -0.2) is 4.98 Å². The molecule has 0 amide bonds. The summed E-state index contributed by atoms with van der Waals surface area (Å²) in [6.45, 7) is 2.39. The zero-order valence-corrected chi connectivity index (χ0v) is 8.34. The molecule has 0 fully saturated rings. The number of aliphatic hydroxyl groups is 1. The Labute approximate surface area is 79.5 Å². The van der Waals surface area contributed by atoms with Crippen molar-refractivity contribution in [1.29, 1.82) is 0 Å². The normalized spacial score (nSPS) is 9.92. The van der Waals surface area contributed by atoms with Gasteiger partial charge >= 0.3 is 0 Å². The lowest BCUT2D eigenvalue weighted by atomic mass is 10.4. The van der Waals surface area contributed by atoms with Crippen LogP contribution in [0.4, 0.5) is 0 Å². The second-order valence-electron chi connectivity index (χ2n) is 2.17. The standard InChI is InChI=1S/C8H10BrNO2/c1-2-12-8-4-3-6(9)7(5-11)10-8/h3-4,11H,2,5H2,1H3. The molecule has 0 aromatic carbocycles. The van der Waals surface area contributed by atoms with Crippen molar-refractivity contribution in [2.24, 2.45) is 0 Å². The SMILES string of the molecule is CCOc1ccc(Br)c(CO)n1. The minimum atomic E-state index is -0.0818. The molecule has 1 aromatic heterocycles. The molecule has 0 aliphatic carbocycles. The van der Waals surface area contributed by atoms with Crippen LogP contribution in [0.5, 0.6) is 5.88 Å². The van der Waals surface area contributed by atoms with Crippen molar-refractivity contribution in [2.45, 2.75) is 13.5 Å². The molecule has 0 unspecified atom stereocenters. The highest BCUT2D eigenvalue weighted by atomic mass is 79.9. The highest BCUT2D eigenvalue weighted by Gasteiger charge is 2.01. The fourth-order valence-electron chi connectivity index (χ4n) is 0.803. The summed E-state index contributed by atoms with van der Waals surface area (Å²) >= 11 is 3.26. The average molecular weight is 232 g/mol. The molecule has 3 nitrogen and oxygen atoms in total. The van der Waals surface area contributed by atoms with Gasteiger partial charge in [-0.1, -0.05) is 0 Å². The Balaban J connectivity index is 2.89. The van der Waals surface area contributed by atoms with Crippen LogP contribution in [-0.4, -0.2) is 16.7 Å². The maximum absolute atomic E-state index is 8.86. The summed E-state index contributed by atoms with van der Waals surface area (Å²) in [5, 5.41) is 8.86. The Bertz CT molecular complexity index is 265. The predicted molar refractivity (Wildman–Crippen MR) is 49.0 cm³/mol. The Morgan fingerprint density at radius 1 is 1.58 bits per heavy atom. The molecule has 0 saturated carbocycles. The Morgan fingerprint density at radius 2 is 2.33 bits per heavy atom. The van der Waals surface area contributed by atoms with E-state index in [2.05, 4.69) is 20.9 Å². The van der Waals surface area contributed by atoms with Crippen LogP contribution in [0.25, 0.3) is 0 Å². The highest BCUT2D eigenvalue weighted by molar-refractivity contribution is 9.10. The molecule has 0 aliphatic rings. The van der Waals surface area contributed by atoms with Gasteiger partial charge in [-0.15, -0.1) is 0 Å². The smallest absolute Gasteiger partial charge is 0.213 e. The first-order valence-electron chi connectivity index (χ1n) is 3.67. The first-order valence-corrected chi connectivity index (χ1v) is 4.46. The van der Waals surface area contributed by atoms with E-state index < -0.39 is 0 Å². The molecule has 1 rings (SSSR count). The third kappa shape index (κ3) is 2.19. The van der Waals surface area contributed by atoms with Crippen molar-refractivity contribution in [2.75, 3.05) is 6.61 Å². The van der Waals surface area contributed by atoms with E-state index in [9.17, 15) is 0 Å². The second-order valence-corrected chi connectivity index (χ2v) is 3.02. The van der Waals surface area contributed by atoms with Gasteiger partial charge in [0.1, 0.15) is 0 Å². The minimum Gasteiger partial charge on any atom is -0.478 e. The van der Waals surface area contributed by atoms with Gasteiger partial charge in [0.2, 0.25) is 5.88 Å². The van der Waals surface area contributed by atoms with Gasteiger partial charge < -0.3 is 9.84 Å². The molecule has 12 heavy (non-hydrogen) atoms. The average Bonchev–Trinajstić information content (AvgIpc) is 2.09. The van der Waals surface area contributed by atoms with Gasteiger partial charge in [-0.3, -0.25) is 0 Å². The number of aliphatic hydroxyl groups excluding tert-OH is 1. The Hall–Kier alpha value is -0.610. The third-order valence-corrected chi connectivity index (χ3v) is 2.06. The van der Waals surface area contributed by atoms with Crippen LogP contribution in [0, 0.1) is 0 Å². The van der Waals surface area contributed by atoms with Gasteiger partial charge in [-0.2, -0.15) is 0 Å². The number of hydrogen-bond donors (Lipinski definition) is 1. The molecule has 0 spiro atoms. The summed E-state index contributed by atoms with van der Waals surface area (Å²) in [6, 6.07) is 3.57. The van der Waals surface area contributed by atoms with E-state index in [1.807, 2.05) is 13.0 Å². The van der Waals surface area contributed by atoms with E-state index >= 15 is 0 Å². The van der Waals surface area contributed by atoms with Gasteiger partial charge in [0.25, 0.3) is 0 Å². The van der Waals surface area contributed by atoms with E-state index in [1.165, 1.54) is 0 Å². The number of ether oxygens (including phenoxy) is 1. The van der Waals surface area contributed by atoms with Crippen LogP contribution in [0.3, 0.4) is 0 Å². The van der Waals surface area contributed by atoms with Crippen molar-refractivity contribution in [3.8, 4) is 5.88 Å². The topological polar surface area (TPSA) is 42.4 Å². The quantitative estimate of drug-likeness (QED) is 0.862. The third-order valence-electron chi connectivity index (χ3n) is 1.34. The Morgan fingerprint density at radius 3 is 2.92 bits per heavy atom. The number of pyridine rings is 1. The number of nitrogens with zero attached hydrogens (tertiary/aromatic N) is 1. The molecule has 0 aliphatic heterocycles. The molecule has 0 bridgehead atoms. The highest BCUT2D eigenvalue weighted by Crippen LogP contribution is 2.18. The van der Waals surface area contributed by atoms with E-state index in [1.54, 1.807) is 6.07 Å². The van der Waals surface area contributed by atoms with Gasteiger partial charge in [-0.05, 0) is 28.9 Å². The molecular weight excluding hydrogens is 222 g/mol. The minimum absolute atomic E-state index is 0.0818. The zero-order valence-electron chi connectivity index (χ0n) is 6.75. The maximum Gasteiger partial charge on any atom is 0.213 e. The molecule has 0 radical (unpaired) electrons. The van der Waals surface area contributed by atoms with Gasteiger partial charge in [0.15, 0.2) is 0 Å². The fraction of sp³-hybridized carbons (Fsp3) is 0.375. The van der Waals surface area contributed by atoms with E-state index in [4.69, 9.17) is 9.84 Å². The Kier molecular flexibility index (Phi) is 3.49. The van der Waals surface area contributed by atoms with Crippen LogP contribution in [0.1, 0.15) is 12.6 Å². The fourth-order valence-corrected chi connectivity index (χ4v) is 1.15. The molecule has 1 aromatic rings. The van der Waals surface area contributed by atoms with Gasteiger partial charge in [0, 0.05) is 10.5 Å². The van der Waals surface area contributed by atoms with E-state index in [0.29, 0.717) is 18.2 Å². The van der Waals surface area contributed by atoms with Crippen LogP contribution in [-0.2, 0) is 6.61 Å². The van der Waals surface area contributed by atoms with Crippen molar-refractivity contribution < 1.29 is 9.84 Å². The van der Waals surface area contributed by atoms with E-state index in [0.717, 1.165) is 4.47 Å². The monoisotopic (exact) mass is 231 g/mol. The largest absolute Gasteiger partial charge is 0.478 e. The summed E-state index contributed by atoms with van der Waals surface area (Å²) in [4.78, 5) is 4.06. The lowest BCUT2D eigenvalue weighted by molar-refractivity contribution is 0.270. The van der Waals surface area contributed by atoms with Crippen molar-refractivity contribution in [3.05, 3.63) is 22.3 Å². The molecule has 66 valence electrons. The van der Waals surface area contributed by atoms with Crippen LogP contribution < -0.4 is 4.74 Å². The summed E-state index contributed by atoms with van der Waals surface area (Å²) in [6.07, 6.45) is 0. The summed E-state index contributed by atoms with van der Waals surface area (Å²) in [5.41, 5.74) is 0.598. The number of halogens is 1. The first-order chi connectivity index (χ1) is 5.77. The van der Waals surface area contributed by atoms with Crippen molar-refractivity contribution in [3.63, 3.8) is 0 Å². The maximum atomic E-state index is 8.86. The van der Waals surface area contributed by atoms with Crippen LogP contribution >= 0.6 is 15.9 Å². The van der Waals surface area contributed by atoms with Crippen LogP contribution in [0.2, 0.25) is 0 Å². The van der Waals surface area contributed by atoms with Gasteiger partial charge in [0.05, 0.1) is 18.9 Å². The number of aromatic nitrogens is 1. The summed E-state index contributed by atoms with van der Waals surface area (Å²) in [7, 11) is 0. The molecule has 0 saturated heterocycles. The molecule has 1 heterocycles. The van der Waals surface area contributed by atoms with Crippen LogP contribution in [0.15, 0.2) is 16.6 Å². The first kappa shape index (κ1) is 9.48. The van der Waals surface area contributed by atoms with Crippen molar-refractivity contribution in [1.82, 2.24) is 4.98 Å². The summed E-state index contributed by atoms with van der Waals surface area (Å²) in [5.74, 6) is 0.546. The molecule has 4 heteroatoms. The zero-order chi connectivity index (χ0) is 8.97. The lowest BCUT2D eigenvalue weighted by Gasteiger charge is -2.04. The number of rotatable bonds is 3. The molecule has 0 atom stereocenters. The summed E-state index contributed by atoms with van der Waals surface area (Å²) < 4.78 is 5.96. The van der Waals surface area contributed by atoms with E-state index in [-0.39, 0.29) is 6.61 Å². The molecule has 1 N–H and O–H groups in total. The second kappa shape index (κ2) is 4.42. The molecular formula is C8H10BrNO2. The number of hydrogen-bond acceptors (Lipinski definition) is 3. The lowest BCUT2D eigenvalue weighted by Crippen LogP contribution is -1.97.